The first-order valence-electron chi connectivity index (χ1n) is 9.52. The Bertz CT molecular complexity index is 1020. The second-order valence-electron chi connectivity index (χ2n) is 6.65. The number of carbonyl (C=O) groups is 2. The Morgan fingerprint density at radius 1 is 1.12 bits per heavy atom. The van der Waals surface area contributed by atoms with Gasteiger partial charge in [0.05, 0.1) is 17.4 Å². The van der Waals surface area contributed by atoms with E-state index in [4.69, 9.17) is 47.7 Å². The van der Waals surface area contributed by atoms with Gasteiger partial charge in [-0.05, 0) is 58.6 Å². The Morgan fingerprint density at radius 3 is 2.44 bits per heavy atom. The summed E-state index contributed by atoms with van der Waals surface area (Å²) in [6, 6.07) is 13.6. The first-order valence-corrected chi connectivity index (χ1v) is 11.1. The largest absolute Gasteiger partial charge is 0.492 e. The molecule has 0 radical (unpaired) electrons. The van der Waals surface area contributed by atoms with Gasteiger partial charge in [0, 0.05) is 34.9 Å². The Kier molecular flexibility index (Phi) is 10.5. The van der Waals surface area contributed by atoms with Gasteiger partial charge in [-0.3, -0.25) is 0 Å². The summed E-state index contributed by atoms with van der Waals surface area (Å²) in [7, 11) is 0. The van der Waals surface area contributed by atoms with E-state index in [1.807, 2.05) is 48.9 Å². The molecule has 0 fully saturated rings. The maximum atomic E-state index is 9.10. The van der Waals surface area contributed by atoms with E-state index >= 15 is 0 Å². The summed E-state index contributed by atoms with van der Waals surface area (Å²) in [5.74, 6) is -2.52. The van der Waals surface area contributed by atoms with Crippen LogP contribution >= 0.6 is 39.1 Å². The zero-order valence-corrected chi connectivity index (χ0v) is 19.9. The number of hydrogen-bond acceptors (Lipinski definition) is 4. The van der Waals surface area contributed by atoms with Crippen molar-refractivity contribution >= 4 is 51.1 Å². The van der Waals surface area contributed by atoms with Crippen molar-refractivity contribution in [2.45, 2.75) is 25.3 Å². The van der Waals surface area contributed by atoms with Gasteiger partial charge in [-0.1, -0.05) is 41.4 Å². The van der Waals surface area contributed by atoms with Gasteiger partial charge in [0.15, 0.2) is 0 Å². The second-order valence-corrected chi connectivity index (χ2v) is 8.35. The molecular formula is C22H21BrCl2N2O5. The highest BCUT2D eigenvalue weighted by molar-refractivity contribution is 9.10. The molecule has 0 amide bonds. The van der Waals surface area contributed by atoms with E-state index in [9.17, 15) is 0 Å². The van der Waals surface area contributed by atoms with E-state index in [1.54, 1.807) is 12.3 Å². The monoisotopic (exact) mass is 542 g/mol. The zero-order valence-electron chi connectivity index (χ0n) is 16.8. The molecule has 3 aromatic rings. The fraction of sp³-hybridized carbons (Fsp3) is 0.227. The lowest BCUT2D eigenvalue weighted by Crippen LogP contribution is -2.10. The Morgan fingerprint density at radius 2 is 1.84 bits per heavy atom. The Balaban J connectivity index is 0.000000534. The number of imidazole rings is 1. The molecule has 0 bridgehead atoms. The molecule has 0 aliphatic rings. The average Bonchev–Trinajstić information content (AvgIpc) is 3.25. The molecule has 3 rings (SSSR count). The van der Waals surface area contributed by atoms with Crippen LogP contribution in [0.5, 0.6) is 5.75 Å². The normalized spacial score (nSPS) is 11.2. The highest BCUT2D eigenvalue weighted by Crippen LogP contribution is 2.32. The molecule has 170 valence electrons. The van der Waals surface area contributed by atoms with Crippen molar-refractivity contribution < 1.29 is 24.5 Å². The molecule has 0 saturated heterocycles. The minimum Gasteiger partial charge on any atom is -0.492 e. The molecule has 0 aliphatic carbocycles. The third kappa shape index (κ3) is 8.53. The number of benzene rings is 2. The van der Waals surface area contributed by atoms with Crippen molar-refractivity contribution in [2.24, 2.45) is 0 Å². The van der Waals surface area contributed by atoms with Crippen LogP contribution in [0.2, 0.25) is 10.0 Å². The lowest BCUT2D eigenvalue weighted by molar-refractivity contribution is -0.159. The number of aliphatic carboxylic acids is 2. The van der Waals surface area contributed by atoms with Crippen LogP contribution in [0.4, 0.5) is 0 Å². The minimum atomic E-state index is -1.82. The van der Waals surface area contributed by atoms with E-state index in [0.717, 1.165) is 35.2 Å². The van der Waals surface area contributed by atoms with E-state index in [1.165, 1.54) is 0 Å². The smallest absolute Gasteiger partial charge is 0.414 e. The lowest BCUT2D eigenvalue weighted by Gasteiger charge is -2.20. The SMILES string of the molecule is Clc1ccc(C(CCCOc2ccccc2Br)Cn2ccnc2)c(Cl)c1.O=C(O)C(=O)O. The molecule has 1 atom stereocenters. The number of para-hydroxylation sites is 1. The van der Waals surface area contributed by atoms with Crippen molar-refractivity contribution in [3.63, 3.8) is 0 Å². The van der Waals surface area contributed by atoms with Gasteiger partial charge in [-0.15, -0.1) is 0 Å². The van der Waals surface area contributed by atoms with Crippen LogP contribution in [0.3, 0.4) is 0 Å². The molecule has 2 N–H and O–H groups in total. The Hall–Kier alpha value is -2.55. The van der Waals surface area contributed by atoms with E-state index in [-0.39, 0.29) is 5.92 Å². The highest BCUT2D eigenvalue weighted by Gasteiger charge is 2.16. The first-order chi connectivity index (χ1) is 15.3. The van der Waals surface area contributed by atoms with Crippen molar-refractivity contribution in [3.8, 4) is 5.75 Å². The van der Waals surface area contributed by atoms with E-state index in [2.05, 4.69) is 25.5 Å². The van der Waals surface area contributed by atoms with Gasteiger partial charge in [0.2, 0.25) is 0 Å². The zero-order chi connectivity index (χ0) is 23.5. The number of carboxylic acids is 2. The summed E-state index contributed by atoms with van der Waals surface area (Å²) in [6.45, 7) is 1.46. The predicted molar refractivity (Wildman–Crippen MR) is 126 cm³/mol. The van der Waals surface area contributed by atoms with Crippen LogP contribution in [0.25, 0.3) is 0 Å². The van der Waals surface area contributed by atoms with Crippen LogP contribution in [0.15, 0.2) is 65.7 Å². The minimum absolute atomic E-state index is 0.261. The number of aromatic nitrogens is 2. The molecule has 32 heavy (non-hydrogen) atoms. The van der Waals surface area contributed by atoms with E-state index < -0.39 is 11.9 Å². The molecule has 1 aromatic heterocycles. The van der Waals surface area contributed by atoms with Crippen molar-refractivity contribution in [3.05, 3.63) is 81.3 Å². The van der Waals surface area contributed by atoms with Gasteiger partial charge in [-0.25, -0.2) is 14.6 Å². The predicted octanol–water partition coefficient (Wildman–Crippen LogP) is 5.75. The summed E-state index contributed by atoms with van der Waals surface area (Å²) in [6.07, 6.45) is 7.45. The molecule has 1 heterocycles. The molecule has 0 spiro atoms. The quantitative estimate of drug-likeness (QED) is 0.277. The van der Waals surface area contributed by atoms with Gasteiger partial charge >= 0.3 is 11.9 Å². The maximum Gasteiger partial charge on any atom is 0.414 e. The van der Waals surface area contributed by atoms with Crippen molar-refractivity contribution in [1.82, 2.24) is 9.55 Å². The molecular weight excluding hydrogens is 523 g/mol. The van der Waals surface area contributed by atoms with Gasteiger partial charge < -0.3 is 19.5 Å². The molecule has 0 aliphatic heterocycles. The number of ether oxygens (including phenoxy) is 1. The fourth-order valence-corrected chi connectivity index (χ4v) is 3.86. The number of nitrogens with zero attached hydrogens (tertiary/aromatic N) is 2. The van der Waals surface area contributed by atoms with Gasteiger partial charge in [-0.2, -0.15) is 0 Å². The number of halogens is 3. The summed E-state index contributed by atoms with van der Waals surface area (Å²) < 4.78 is 8.93. The average molecular weight is 544 g/mol. The van der Waals surface area contributed by atoms with Crippen molar-refractivity contribution in [1.29, 1.82) is 0 Å². The number of carboxylic acid groups (broad SMARTS) is 2. The Labute approximate surface area is 203 Å². The fourth-order valence-electron chi connectivity index (χ4n) is 2.90. The van der Waals surface area contributed by atoms with Crippen LogP contribution in [-0.4, -0.2) is 38.3 Å². The first kappa shape index (κ1) is 25.7. The highest BCUT2D eigenvalue weighted by atomic mass is 79.9. The van der Waals surface area contributed by atoms with Crippen LogP contribution in [-0.2, 0) is 16.1 Å². The topological polar surface area (TPSA) is 102 Å². The molecule has 10 heteroatoms. The summed E-state index contributed by atoms with van der Waals surface area (Å²) in [4.78, 5) is 22.3. The molecule has 7 nitrogen and oxygen atoms in total. The molecule has 2 aromatic carbocycles. The summed E-state index contributed by atoms with van der Waals surface area (Å²) in [5.41, 5.74) is 1.10. The van der Waals surface area contributed by atoms with Gasteiger partial charge in [0.1, 0.15) is 5.75 Å². The third-order valence-electron chi connectivity index (χ3n) is 4.37. The second kappa shape index (κ2) is 13.1. The summed E-state index contributed by atoms with van der Waals surface area (Å²) in [5, 5.41) is 16.1. The standard InChI is InChI=1S/C20H19BrCl2N2O.C2H2O4/c21-18-5-1-2-6-20(18)26-11-3-4-15(13-25-10-9-24-14-25)17-8-7-16(22)12-19(17)23;3-1(4)2(5)6/h1-2,5-10,12,14-15H,3-4,11,13H2;(H,3,4)(H,5,6). The number of rotatable bonds is 8. The molecule has 0 saturated carbocycles. The summed E-state index contributed by atoms with van der Waals surface area (Å²) >= 11 is 16.0. The van der Waals surface area contributed by atoms with Gasteiger partial charge in [0.25, 0.3) is 0 Å². The third-order valence-corrected chi connectivity index (χ3v) is 5.58. The van der Waals surface area contributed by atoms with Crippen molar-refractivity contribution in [2.75, 3.05) is 6.61 Å². The van der Waals surface area contributed by atoms with Crippen LogP contribution in [0.1, 0.15) is 24.3 Å². The van der Waals surface area contributed by atoms with Crippen LogP contribution in [0, 0.1) is 0 Å². The molecule has 1 unspecified atom stereocenters. The maximum absolute atomic E-state index is 9.10. The van der Waals surface area contributed by atoms with E-state index in [0.29, 0.717) is 16.7 Å². The number of hydrogen-bond donors (Lipinski definition) is 2. The lowest BCUT2D eigenvalue weighted by atomic mass is 9.94. The van der Waals surface area contributed by atoms with Crippen LogP contribution < -0.4 is 4.74 Å².